The summed E-state index contributed by atoms with van der Waals surface area (Å²) in [5.41, 5.74) is 2.49. The first kappa shape index (κ1) is 24.6. The van der Waals surface area contributed by atoms with Gasteiger partial charge in [-0.15, -0.1) is 0 Å². The van der Waals surface area contributed by atoms with Gasteiger partial charge >= 0.3 is 6.09 Å². The van der Waals surface area contributed by atoms with Crippen LogP contribution in [0.5, 0.6) is 0 Å². The number of benzene rings is 1. The molecule has 3 aromatic heterocycles. The van der Waals surface area contributed by atoms with Crippen LogP contribution in [0.15, 0.2) is 54.9 Å². The number of ether oxygens (including phenoxy) is 1. The van der Waals surface area contributed by atoms with Crippen molar-refractivity contribution >= 4 is 29.2 Å². The van der Waals surface area contributed by atoms with E-state index in [1.54, 1.807) is 61.9 Å². The van der Waals surface area contributed by atoms with Gasteiger partial charge in [-0.1, -0.05) is 49.7 Å². The van der Waals surface area contributed by atoms with E-state index in [1.807, 2.05) is 26.0 Å². The van der Waals surface area contributed by atoms with Crippen LogP contribution in [0.1, 0.15) is 51.7 Å². The third-order valence-electron chi connectivity index (χ3n) is 5.29. The number of halogens is 2. The average Bonchev–Trinajstić information content (AvgIpc) is 3.21. The molecule has 0 bridgehead atoms. The molecule has 0 saturated heterocycles. The van der Waals surface area contributed by atoms with Crippen LogP contribution in [-0.2, 0) is 11.3 Å². The van der Waals surface area contributed by atoms with E-state index < -0.39 is 17.5 Å². The maximum atomic E-state index is 14.2. The molecule has 3 heterocycles. The minimum absolute atomic E-state index is 0.167. The highest BCUT2D eigenvalue weighted by Crippen LogP contribution is 2.29. The molecule has 0 N–H and O–H groups in total. The van der Waals surface area contributed by atoms with Gasteiger partial charge in [0.2, 0.25) is 0 Å². The first-order valence-corrected chi connectivity index (χ1v) is 11.7. The highest BCUT2D eigenvalue weighted by Gasteiger charge is 2.27. The SMILES string of the molecule is CC(C)c1cnn2c(N(Cc3ccc(-c4ncccc4F)cc3)C(=O)OC(C)(C)C)cc(Cl)nc12. The van der Waals surface area contributed by atoms with Crippen LogP contribution in [0.25, 0.3) is 16.9 Å². The van der Waals surface area contributed by atoms with Crippen LogP contribution in [-0.4, -0.2) is 31.3 Å². The number of carbonyl (C=O) groups is 1. The van der Waals surface area contributed by atoms with Crippen LogP contribution in [0, 0.1) is 5.82 Å². The smallest absolute Gasteiger partial charge is 0.416 e. The Morgan fingerprint density at radius 1 is 1.20 bits per heavy atom. The molecule has 0 fully saturated rings. The summed E-state index contributed by atoms with van der Waals surface area (Å²) in [6.07, 6.45) is 2.73. The van der Waals surface area contributed by atoms with Crippen LogP contribution in [0.3, 0.4) is 0 Å². The van der Waals surface area contributed by atoms with Gasteiger partial charge in [0.25, 0.3) is 0 Å². The monoisotopic (exact) mass is 495 g/mol. The molecule has 0 aliphatic heterocycles. The molecular formula is C26H27ClFN5O2. The summed E-state index contributed by atoms with van der Waals surface area (Å²) in [5.74, 6) is 0.200. The van der Waals surface area contributed by atoms with Crippen molar-refractivity contribution in [1.29, 1.82) is 0 Å². The Balaban J connectivity index is 1.75. The maximum absolute atomic E-state index is 14.2. The van der Waals surface area contributed by atoms with E-state index >= 15 is 0 Å². The molecule has 4 aromatic rings. The Kier molecular flexibility index (Phi) is 6.76. The van der Waals surface area contributed by atoms with Crippen molar-refractivity contribution < 1.29 is 13.9 Å². The summed E-state index contributed by atoms with van der Waals surface area (Å²) in [6.45, 7) is 9.66. The minimum atomic E-state index is -0.709. The molecule has 7 nitrogen and oxygen atoms in total. The number of carbonyl (C=O) groups excluding carboxylic acids is 1. The number of hydrogen-bond acceptors (Lipinski definition) is 5. The lowest BCUT2D eigenvalue weighted by atomic mass is 10.1. The first-order valence-electron chi connectivity index (χ1n) is 11.3. The van der Waals surface area contributed by atoms with Gasteiger partial charge in [0.05, 0.1) is 12.7 Å². The zero-order valence-electron chi connectivity index (χ0n) is 20.3. The van der Waals surface area contributed by atoms with Gasteiger partial charge in [0.15, 0.2) is 5.65 Å². The van der Waals surface area contributed by atoms with E-state index in [9.17, 15) is 9.18 Å². The Morgan fingerprint density at radius 3 is 2.54 bits per heavy atom. The van der Waals surface area contributed by atoms with Gasteiger partial charge in [-0.25, -0.2) is 14.2 Å². The fraction of sp³-hybridized carbons (Fsp3) is 0.308. The predicted molar refractivity (Wildman–Crippen MR) is 134 cm³/mol. The molecule has 1 aromatic carbocycles. The molecule has 0 unspecified atom stereocenters. The van der Waals surface area contributed by atoms with Gasteiger partial charge in [-0.2, -0.15) is 9.61 Å². The maximum Gasteiger partial charge on any atom is 0.416 e. The number of fused-ring (bicyclic) bond motifs is 1. The summed E-state index contributed by atoms with van der Waals surface area (Å²) >= 11 is 6.37. The minimum Gasteiger partial charge on any atom is -0.443 e. The molecule has 0 aliphatic rings. The molecule has 182 valence electrons. The summed E-state index contributed by atoms with van der Waals surface area (Å²) < 4.78 is 21.5. The van der Waals surface area contributed by atoms with Crippen molar-refractivity contribution in [3.63, 3.8) is 0 Å². The number of anilines is 1. The van der Waals surface area contributed by atoms with E-state index in [0.717, 1.165) is 11.1 Å². The standard InChI is InChI=1S/C26H27ClFN5O2/c1-16(2)19-14-30-33-22(13-21(27)31-24(19)33)32(25(34)35-26(3,4)5)15-17-8-10-18(11-9-17)23-20(28)7-6-12-29-23/h6-14,16H,15H2,1-5H3. The molecule has 0 aliphatic carbocycles. The third-order valence-corrected chi connectivity index (χ3v) is 5.48. The lowest BCUT2D eigenvalue weighted by molar-refractivity contribution is 0.0575. The first-order chi connectivity index (χ1) is 16.5. The Morgan fingerprint density at radius 2 is 1.91 bits per heavy atom. The van der Waals surface area contributed by atoms with Gasteiger partial charge in [-0.05, 0) is 44.4 Å². The zero-order valence-corrected chi connectivity index (χ0v) is 21.0. The van der Waals surface area contributed by atoms with E-state index in [1.165, 1.54) is 11.0 Å². The van der Waals surface area contributed by atoms with Crippen molar-refractivity contribution in [1.82, 2.24) is 19.6 Å². The summed E-state index contributed by atoms with van der Waals surface area (Å²) in [6, 6.07) is 11.7. The van der Waals surface area contributed by atoms with Crippen LogP contribution < -0.4 is 4.90 Å². The molecule has 4 rings (SSSR count). The molecule has 9 heteroatoms. The lowest BCUT2D eigenvalue weighted by Gasteiger charge is -2.28. The van der Waals surface area contributed by atoms with E-state index in [4.69, 9.17) is 16.3 Å². The Hall–Kier alpha value is -3.52. The van der Waals surface area contributed by atoms with Crippen LogP contribution in [0.2, 0.25) is 5.15 Å². The number of nitrogens with zero attached hydrogens (tertiary/aromatic N) is 5. The third kappa shape index (κ3) is 5.43. The van der Waals surface area contributed by atoms with Crippen molar-refractivity contribution in [3.05, 3.63) is 77.0 Å². The molecular weight excluding hydrogens is 469 g/mol. The average molecular weight is 496 g/mol. The van der Waals surface area contributed by atoms with Gasteiger partial charge in [-0.3, -0.25) is 9.88 Å². The van der Waals surface area contributed by atoms with Crippen molar-refractivity contribution in [3.8, 4) is 11.3 Å². The van der Waals surface area contributed by atoms with Crippen molar-refractivity contribution in [2.45, 2.75) is 52.7 Å². The molecule has 0 saturated carbocycles. The van der Waals surface area contributed by atoms with Gasteiger partial charge < -0.3 is 4.74 Å². The molecule has 0 spiro atoms. The van der Waals surface area contributed by atoms with E-state index in [2.05, 4.69) is 15.1 Å². The predicted octanol–water partition coefficient (Wildman–Crippen LogP) is 6.65. The zero-order chi connectivity index (χ0) is 25.3. The van der Waals surface area contributed by atoms with E-state index in [-0.39, 0.29) is 23.3 Å². The molecule has 1 amide bonds. The highest BCUT2D eigenvalue weighted by atomic mass is 35.5. The number of pyridine rings is 1. The molecule has 0 radical (unpaired) electrons. The topological polar surface area (TPSA) is 72.6 Å². The van der Waals surface area contributed by atoms with Gasteiger partial charge in [0, 0.05) is 23.4 Å². The van der Waals surface area contributed by atoms with Crippen molar-refractivity contribution in [2.75, 3.05) is 4.90 Å². The summed E-state index contributed by atoms with van der Waals surface area (Å²) in [4.78, 5) is 23.4. The molecule has 0 atom stereocenters. The quantitative estimate of drug-likeness (QED) is 0.290. The molecule has 35 heavy (non-hydrogen) atoms. The van der Waals surface area contributed by atoms with Crippen LogP contribution >= 0.6 is 11.6 Å². The fourth-order valence-electron chi connectivity index (χ4n) is 3.64. The van der Waals surface area contributed by atoms with Crippen molar-refractivity contribution in [2.24, 2.45) is 0 Å². The highest BCUT2D eigenvalue weighted by molar-refractivity contribution is 6.29. The summed E-state index contributed by atoms with van der Waals surface area (Å²) in [7, 11) is 0. The number of rotatable bonds is 5. The second kappa shape index (κ2) is 9.62. The summed E-state index contributed by atoms with van der Waals surface area (Å²) in [5, 5.41) is 4.72. The van der Waals surface area contributed by atoms with E-state index in [0.29, 0.717) is 17.0 Å². The number of aromatic nitrogens is 4. The van der Waals surface area contributed by atoms with Gasteiger partial charge in [0.1, 0.15) is 28.1 Å². The fourth-order valence-corrected chi connectivity index (χ4v) is 3.82. The number of hydrogen-bond donors (Lipinski definition) is 0. The Labute approximate surface area is 208 Å². The second-order valence-corrected chi connectivity index (χ2v) is 9.91. The lowest BCUT2D eigenvalue weighted by Crippen LogP contribution is -2.37. The second-order valence-electron chi connectivity index (χ2n) is 9.52. The van der Waals surface area contributed by atoms with Crippen LogP contribution in [0.4, 0.5) is 15.0 Å². The largest absolute Gasteiger partial charge is 0.443 e. The Bertz CT molecular complexity index is 1360. The normalized spacial score (nSPS) is 11.8. The number of amides is 1.